The number of hydrogen-bond donors (Lipinski definition) is 1. The van der Waals surface area contributed by atoms with Crippen LogP contribution in [0.15, 0.2) is 17.5 Å². The number of carbonyl (C=O) groups is 1. The number of thiophene rings is 1. The first kappa shape index (κ1) is 11.6. The highest BCUT2D eigenvalue weighted by molar-refractivity contribution is 7.09. The van der Waals surface area contributed by atoms with Gasteiger partial charge in [0, 0.05) is 4.88 Å². The van der Waals surface area contributed by atoms with Crippen LogP contribution in [0.5, 0.6) is 0 Å². The molecule has 0 aromatic carbocycles. The molecule has 1 aromatic heterocycles. The molecule has 1 fully saturated rings. The zero-order valence-corrected chi connectivity index (χ0v) is 10.3. The van der Waals surface area contributed by atoms with Crippen molar-refractivity contribution in [2.24, 2.45) is 5.41 Å². The molecular weight excluding hydrogens is 220 g/mol. The first-order valence-corrected chi connectivity index (χ1v) is 6.87. The van der Waals surface area contributed by atoms with Crippen LogP contribution in [0.4, 0.5) is 0 Å². The molecule has 3 heteroatoms. The van der Waals surface area contributed by atoms with E-state index in [2.05, 4.69) is 6.07 Å². The molecule has 0 amide bonds. The highest BCUT2D eigenvalue weighted by Gasteiger charge is 2.38. The van der Waals surface area contributed by atoms with Crippen molar-refractivity contribution >= 4 is 17.3 Å². The molecule has 1 saturated carbocycles. The summed E-state index contributed by atoms with van der Waals surface area (Å²) in [6.07, 6.45) is 6.94. The molecule has 0 atom stereocenters. The lowest BCUT2D eigenvalue weighted by atomic mass is 9.77. The van der Waals surface area contributed by atoms with E-state index in [1.165, 1.54) is 17.7 Å². The van der Waals surface area contributed by atoms with Gasteiger partial charge in [-0.25, -0.2) is 0 Å². The van der Waals surface area contributed by atoms with Gasteiger partial charge in [-0.05, 0) is 30.7 Å². The topological polar surface area (TPSA) is 37.3 Å². The molecule has 16 heavy (non-hydrogen) atoms. The van der Waals surface area contributed by atoms with Crippen molar-refractivity contribution in [3.8, 4) is 0 Å². The summed E-state index contributed by atoms with van der Waals surface area (Å²) >= 11 is 1.68. The first-order valence-electron chi connectivity index (χ1n) is 5.99. The minimum absolute atomic E-state index is 0.485. The molecule has 88 valence electrons. The maximum Gasteiger partial charge on any atom is 0.309 e. The van der Waals surface area contributed by atoms with Crippen LogP contribution in [-0.2, 0) is 11.2 Å². The van der Waals surface area contributed by atoms with E-state index < -0.39 is 11.4 Å². The van der Waals surface area contributed by atoms with Crippen LogP contribution in [0.25, 0.3) is 0 Å². The third-order valence-corrected chi connectivity index (χ3v) is 4.48. The summed E-state index contributed by atoms with van der Waals surface area (Å²) in [5.41, 5.74) is -0.485. The second kappa shape index (κ2) is 5.00. The van der Waals surface area contributed by atoms with Crippen LogP contribution in [0.1, 0.15) is 43.4 Å². The lowest BCUT2D eigenvalue weighted by molar-refractivity contribution is -0.149. The van der Waals surface area contributed by atoms with Gasteiger partial charge in [-0.15, -0.1) is 11.3 Å². The lowest BCUT2D eigenvalue weighted by Crippen LogP contribution is -2.32. The molecule has 0 unspecified atom stereocenters. The zero-order valence-electron chi connectivity index (χ0n) is 9.45. The molecular formula is C13H18O2S. The smallest absolute Gasteiger partial charge is 0.309 e. The fourth-order valence-electron chi connectivity index (χ4n) is 2.62. The second-order valence-corrected chi connectivity index (χ2v) is 5.79. The van der Waals surface area contributed by atoms with Gasteiger partial charge in [0.25, 0.3) is 0 Å². The van der Waals surface area contributed by atoms with E-state index in [0.29, 0.717) is 0 Å². The second-order valence-electron chi connectivity index (χ2n) is 4.76. The van der Waals surface area contributed by atoms with Gasteiger partial charge in [0.05, 0.1) is 5.41 Å². The Bertz CT molecular complexity index is 335. The van der Waals surface area contributed by atoms with Crippen LogP contribution >= 0.6 is 11.3 Å². The van der Waals surface area contributed by atoms with Crippen molar-refractivity contribution in [1.29, 1.82) is 0 Å². The maximum atomic E-state index is 11.6. The Hall–Kier alpha value is -0.830. The van der Waals surface area contributed by atoms with Crippen molar-refractivity contribution in [3.05, 3.63) is 22.4 Å². The molecule has 1 N–H and O–H groups in total. The Morgan fingerprint density at radius 2 is 2.00 bits per heavy atom. The van der Waals surface area contributed by atoms with Crippen molar-refractivity contribution in [1.82, 2.24) is 0 Å². The number of hydrogen-bond acceptors (Lipinski definition) is 2. The number of rotatable bonds is 3. The van der Waals surface area contributed by atoms with Crippen molar-refractivity contribution in [2.45, 2.75) is 44.9 Å². The SMILES string of the molecule is O=C(O)C1(Cc2cccs2)CCCCCC1. The van der Waals surface area contributed by atoms with E-state index in [1.54, 1.807) is 11.3 Å². The largest absolute Gasteiger partial charge is 0.481 e. The number of carboxylic acids is 1. The van der Waals surface area contributed by atoms with Crippen LogP contribution < -0.4 is 0 Å². The van der Waals surface area contributed by atoms with E-state index in [4.69, 9.17) is 0 Å². The summed E-state index contributed by atoms with van der Waals surface area (Å²) in [7, 11) is 0. The van der Waals surface area contributed by atoms with Crippen molar-refractivity contribution < 1.29 is 9.90 Å². The average molecular weight is 238 g/mol. The number of aliphatic carboxylic acids is 1. The van der Waals surface area contributed by atoms with Gasteiger partial charge in [-0.2, -0.15) is 0 Å². The van der Waals surface area contributed by atoms with Gasteiger partial charge in [-0.3, -0.25) is 4.79 Å². The van der Waals surface area contributed by atoms with Crippen LogP contribution in [0, 0.1) is 5.41 Å². The standard InChI is InChI=1S/C13H18O2S/c14-12(15)13(7-3-1-2-4-8-13)10-11-6-5-9-16-11/h5-6,9H,1-4,7-8,10H2,(H,14,15). The first-order chi connectivity index (χ1) is 7.73. The Labute approximate surface area is 100 Å². The highest BCUT2D eigenvalue weighted by atomic mass is 32.1. The molecule has 1 aromatic rings. The monoisotopic (exact) mass is 238 g/mol. The summed E-state index contributed by atoms with van der Waals surface area (Å²) in [5, 5.41) is 11.5. The van der Waals surface area contributed by atoms with Gasteiger partial charge in [0.15, 0.2) is 0 Å². The van der Waals surface area contributed by atoms with E-state index in [0.717, 1.165) is 32.1 Å². The van der Waals surface area contributed by atoms with Crippen LogP contribution in [-0.4, -0.2) is 11.1 Å². The predicted molar refractivity (Wildman–Crippen MR) is 65.8 cm³/mol. The van der Waals surface area contributed by atoms with E-state index in [1.807, 2.05) is 11.4 Å². The highest BCUT2D eigenvalue weighted by Crippen LogP contribution is 2.39. The summed E-state index contributed by atoms with van der Waals surface area (Å²) in [4.78, 5) is 12.8. The molecule has 0 bridgehead atoms. The molecule has 0 radical (unpaired) electrons. The molecule has 1 aliphatic rings. The third kappa shape index (κ3) is 2.46. The lowest BCUT2D eigenvalue weighted by Gasteiger charge is -2.27. The minimum atomic E-state index is -0.595. The van der Waals surface area contributed by atoms with Crippen LogP contribution in [0.3, 0.4) is 0 Å². The molecule has 2 nitrogen and oxygen atoms in total. The molecule has 1 heterocycles. The van der Waals surface area contributed by atoms with E-state index in [-0.39, 0.29) is 0 Å². The summed E-state index contributed by atoms with van der Waals surface area (Å²) in [6, 6.07) is 4.06. The molecule has 0 spiro atoms. The summed E-state index contributed by atoms with van der Waals surface area (Å²) < 4.78 is 0. The predicted octanol–water partition coefficient (Wildman–Crippen LogP) is 3.72. The number of carboxylic acid groups (broad SMARTS) is 1. The molecule has 0 aliphatic heterocycles. The Morgan fingerprint density at radius 1 is 1.31 bits per heavy atom. The fourth-order valence-corrected chi connectivity index (χ4v) is 3.47. The van der Waals surface area contributed by atoms with Crippen LogP contribution in [0.2, 0.25) is 0 Å². The van der Waals surface area contributed by atoms with E-state index >= 15 is 0 Å². The maximum absolute atomic E-state index is 11.6. The normalized spacial score (nSPS) is 20.2. The summed E-state index contributed by atoms with van der Waals surface area (Å²) in [6.45, 7) is 0. The van der Waals surface area contributed by atoms with E-state index in [9.17, 15) is 9.90 Å². The van der Waals surface area contributed by atoms with Crippen molar-refractivity contribution in [2.75, 3.05) is 0 Å². The van der Waals surface area contributed by atoms with Gasteiger partial charge in [-0.1, -0.05) is 31.7 Å². The average Bonchev–Trinajstić information content (AvgIpc) is 2.62. The van der Waals surface area contributed by atoms with Gasteiger partial charge in [0.1, 0.15) is 0 Å². The molecule has 1 aliphatic carbocycles. The Morgan fingerprint density at radius 3 is 2.50 bits per heavy atom. The third-order valence-electron chi connectivity index (χ3n) is 3.61. The van der Waals surface area contributed by atoms with Gasteiger partial charge >= 0.3 is 5.97 Å². The quantitative estimate of drug-likeness (QED) is 0.815. The fraction of sp³-hybridized carbons (Fsp3) is 0.615. The summed E-state index contributed by atoms with van der Waals surface area (Å²) in [5.74, 6) is -0.595. The minimum Gasteiger partial charge on any atom is -0.481 e. The molecule has 2 rings (SSSR count). The Kier molecular flexibility index (Phi) is 3.64. The van der Waals surface area contributed by atoms with Gasteiger partial charge < -0.3 is 5.11 Å². The zero-order chi connectivity index (χ0) is 11.4. The van der Waals surface area contributed by atoms with Crippen molar-refractivity contribution in [3.63, 3.8) is 0 Å². The Balaban J connectivity index is 2.17. The molecule has 0 saturated heterocycles. The van der Waals surface area contributed by atoms with Gasteiger partial charge in [0.2, 0.25) is 0 Å².